The molecule has 3 N–H and O–H groups in total. The summed E-state index contributed by atoms with van der Waals surface area (Å²) >= 11 is 4.89. The molecule has 0 heterocycles. The molecule has 0 saturated heterocycles. The van der Waals surface area contributed by atoms with Crippen LogP contribution in [0.3, 0.4) is 0 Å². The molecular weight excluding hydrogens is 284 g/mol. The number of phenolic OH excluding ortho intramolecular Hbond substituents is 1. The Hall–Kier alpha value is -2.40. The molecule has 0 radical (unpaired) electrons. The molecular formula is C16H16N2O2S. The number of nitrogens with zero attached hydrogens (tertiary/aromatic N) is 1. The molecule has 21 heavy (non-hydrogen) atoms. The zero-order chi connectivity index (χ0) is 15.4. The van der Waals surface area contributed by atoms with Gasteiger partial charge in [0.2, 0.25) is 5.91 Å². The van der Waals surface area contributed by atoms with Crippen molar-refractivity contribution in [3.8, 4) is 5.75 Å². The van der Waals surface area contributed by atoms with Crippen LogP contribution in [-0.2, 0) is 11.2 Å². The largest absolute Gasteiger partial charge is 0.508 e. The first kappa shape index (κ1) is 15.0. The van der Waals surface area contributed by atoms with Gasteiger partial charge in [-0.1, -0.05) is 30.4 Å². The number of aromatic hydroxyl groups is 1. The van der Waals surface area contributed by atoms with Gasteiger partial charge in [0.15, 0.2) is 0 Å². The molecule has 0 bridgehead atoms. The van der Waals surface area contributed by atoms with Gasteiger partial charge in [-0.15, -0.1) is 0 Å². The molecule has 5 heteroatoms. The van der Waals surface area contributed by atoms with Crippen molar-refractivity contribution in [2.24, 2.45) is 5.73 Å². The molecule has 0 unspecified atom stereocenters. The molecule has 0 spiro atoms. The minimum atomic E-state index is -0.112. The van der Waals surface area contributed by atoms with Crippen LogP contribution < -0.4 is 10.6 Å². The van der Waals surface area contributed by atoms with E-state index in [-0.39, 0.29) is 18.1 Å². The standard InChI is InChI=1S/C16H16N2O2S/c1-18(13-8-6-11(7-9-13)16(17)21)15(20)10-12-4-2-3-5-14(12)19/h2-9,19H,10H2,1H3,(H2,17,21). The van der Waals surface area contributed by atoms with Crippen LogP contribution in [0.4, 0.5) is 5.69 Å². The topological polar surface area (TPSA) is 66.6 Å². The maximum atomic E-state index is 12.2. The van der Waals surface area contributed by atoms with Crippen LogP contribution in [0.5, 0.6) is 5.75 Å². The highest BCUT2D eigenvalue weighted by Crippen LogP contribution is 2.19. The van der Waals surface area contributed by atoms with Crippen LogP contribution in [0.15, 0.2) is 48.5 Å². The van der Waals surface area contributed by atoms with Crippen molar-refractivity contribution in [1.82, 2.24) is 0 Å². The van der Waals surface area contributed by atoms with E-state index in [2.05, 4.69) is 0 Å². The second-order valence-corrected chi connectivity index (χ2v) is 5.11. The van der Waals surface area contributed by atoms with Crippen LogP contribution in [0.1, 0.15) is 11.1 Å². The van der Waals surface area contributed by atoms with Crippen LogP contribution in [0.2, 0.25) is 0 Å². The summed E-state index contributed by atoms with van der Waals surface area (Å²) in [5, 5.41) is 9.71. The number of anilines is 1. The van der Waals surface area contributed by atoms with Crippen molar-refractivity contribution in [3.05, 3.63) is 59.7 Å². The van der Waals surface area contributed by atoms with Gasteiger partial charge in [0, 0.05) is 23.9 Å². The molecule has 0 aromatic heterocycles. The van der Waals surface area contributed by atoms with Gasteiger partial charge in [0.05, 0.1) is 6.42 Å². The van der Waals surface area contributed by atoms with Gasteiger partial charge in [-0.2, -0.15) is 0 Å². The second kappa shape index (κ2) is 6.37. The fourth-order valence-electron chi connectivity index (χ4n) is 1.94. The number of benzene rings is 2. The van der Waals surface area contributed by atoms with Crippen molar-refractivity contribution in [1.29, 1.82) is 0 Å². The molecule has 1 amide bonds. The predicted molar refractivity (Wildman–Crippen MR) is 87.6 cm³/mol. The maximum absolute atomic E-state index is 12.2. The Morgan fingerprint density at radius 3 is 2.38 bits per heavy atom. The van der Waals surface area contributed by atoms with Crippen LogP contribution in [0, 0.1) is 0 Å². The molecule has 2 aromatic rings. The zero-order valence-corrected chi connectivity index (χ0v) is 12.4. The first-order chi connectivity index (χ1) is 9.99. The van der Waals surface area contributed by atoms with Gasteiger partial charge in [0.1, 0.15) is 10.7 Å². The summed E-state index contributed by atoms with van der Waals surface area (Å²) in [6, 6.07) is 14.0. The Kier molecular flexibility index (Phi) is 4.55. The van der Waals surface area contributed by atoms with Crippen molar-refractivity contribution in [2.75, 3.05) is 11.9 Å². The lowest BCUT2D eigenvalue weighted by atomic mass is 10.1. The molecule has 2 rings (SSSR count). The van der Waals surface area contributed by atoms with E-state index in [9.17, 15) is 9.90 Å². The van der Waals surface area contributed by atoms with Crippen molar-refractivity contribution >= 4 is 28.8 Å². The summed E-state index contributed by atoms with van der Waals surface area (Å²) in [5.41, 5.74) is 7.65. The molecule has 4 nitrogen and oxygen atoms in total. The van der Waals surface area contributed by atoms with Gasteiger partial charge < -0.3 is 15.7 Å². The number of phenols is 1. The smallest absolute Gasteiger partial charge is 0.231 e. The number of rotatable bonds is 4. The van der Waals surface area contributed by atoms with Crippen molar-refractivity contribution in [3.63, 3.8) is 0 Å². The van der Waals surface area contributed by atoms with E-state index in [1.165, 1.54) is 4.90 Å². The number of nitrogens with two attached hydrogens (primary N) is 1. The summed E-state index contributed by atoms with van der Waals surface area (Å²) < 4.78 is 0. The number of thiocarbonyl (C=S) groups is 1. The number of hydrogen-bond donors (Lipinski definition) is 2. The molecule has 0 aliphatic rings. The summed E-state index contributed by atoms with van der Waals surface area (Å²) in [4.78, 5) is 14.1. The summed E-state index contributed by atoms with van der Waals surface area (Å²) in [5.74, 6) is 0.0163. The first-order valence-electron chi connectivity index (χ1n) is 6.42. The monoisotopic (exact) mass is 300 g/mol. The van der Waals surface area contributed by atoms with Gasteiger partial charge in [0.25, 0.3) is 0 Å². The van der Waals surface area contributed by atoms with E-state index >= 15 is 0 Å². The van der Waals surface area contributed by atoms with Crippen LogP contribution in [0.25, 0.3) is 0 Å². The van der Waals surface area contributed by atoms with E-state index in [0.717, 1.165) is 11.3 Å². The highest BCUT2D eigenvalue weighted by Gasteiger charge is 2.13. The lowest BCUT2D eigenvalue weighted by Crippen LogP contribution is -2.27. The number of carbonyl (C=O) groups is 1. The van der Waals surface area contributed by atoms with Gasteiger partial charge >= 0.3 is 0 Å². The number of hydrogen-bond acceptors (Lipinski definition) is 3. The maximum Gasteiger partial charge on any atom is 0.231 e. The highest BCUT2D eigenvalue weighted by molar-refractivity contribution is 7.80. The average Bonchev–Trinajstić information content (AvgIpc) is 2.49. The fraction of sp³-hybridized carbons (Fsp3) is 0.125. The first-order valence-corrected chi connectivity index (χ1v) is 6.83. The molecule has 0 aliphatic carbocycles. The Labute approximate surface area is 128 Å². The van der Waals surface area contributed by atoms with E-state index in [0.29, 0.717) is 10.6 Å². The molecule has 0 fully saturated rings. The number of para-hydroxylation sites is 1. The van der Waals surface area contributed by atoms with E-state index < -0.39 is 0 Å². The molecule has 0 aliphatic heterocycles. The second-order valence-electron chi connectivity index (χ2n) is 4.67. The van der Waals surface area contributed by atoms with E-state index in [1.807, 2.05) is 0 Å². The van der Waals surface area contributed by atoms with Crippen LogP contribution in [-0.4, -0.2) is 23.0 Å². The van der Waals surface area contributed by atoms with Gasteiger partial charge in [-0.05, 0) is 30.3 Å². The summed E-state index contributed by atoms with van der Waals surface area (Å²) in [7, 11) is 1.69. The summed E-state index contributed by atoms with van der Waals surface area (Å²) in [6.45, 7) is 0. The minimum absolute atomic E-state index is 0.112. The normalized spacial score (nSPS) is 10.1. The SMILES string of the molecule is CN(C(=O)Cc1ccccc1O)c1ccc(C(N)=S)cc1. The Bertz CT molecular complexity index is 668. The third kappa shape index (κ3) is 3.58. The number of likely N-dealkylation sites (N-methyl/N-ethyl adjacent to an activating group) is 1. The lowest BCUT2D eigenvalue weighted by molar-refractivity contribution is -0.117. The Balaban J connectivity index is 2.12. The minimum Gasteiger partial charge on any atom is -0.508 e. The predicted octanol–water partition coefficient (Wildman–Crippen LogP) is 2.23. The quantitative estimate of drug-likeness (QED) is 0.850. The third-order valence-corrected chi connectivity index (χ3v) is 3.48. The third-order valence-electron chi connectivity index (χ3n) is 3.25. The Morgan fingerprint density at radius 2 is 1.81 bits per heavy atom. The summed E-state index contributed by atoms with van der Waals surface area (Å²) in [6.07, 6.45) is 0.139. The van der Waals surface area contributed by atoms with E-state index in [4.69, 9.17) is 18.0 Å². The molecule has 0 saturated carbocycles. The molecule has 108 valence electrons. The van der Waals surface area contributed by atoms with E-state index in [1.54, 1.807) is 55.6 Å². The Morgan fingerprint density at radius 1 is 1.19 bits per heavy atom. The zero-order valence-electron chi connectivity index (χ0n) is 11.6. The molecule has 2 aromatic carbocycles. The van der Waals surface area contributed by atoms with Gasteiger partial charge in [-0.25, -0.2) is 0 Å². The average molecular weight is 300 g/mol. The highest BCUT2D eigenvalue weighted by atomic mass is 32.1. The van der Waals surface area contributed by atoms with Gasteiger partial charge in [-0.3, -0.25) is 4.79 Å². The molecule has 0 atom stereocenters. The van der Waals surface area contributed by atoms with Crippen molar-refractivity contribution < 1.29 is 9.90 Å². The number of amides is 1. The van der Waals surface area contributed by atoms with Crippen LogP contribution >= 0.6 is 12.2 Å². The fourth-order valence-corrected chi connectivity index (χ4v) is 2.07. The number of carbonyl (C=O) groups excluding carboxylic acids is 1. The lowest BCUT2D eigenvalue weighted by Gasteiger charge is -2.18. The van der Waals surface area contributed by atoms with Crippen molar-refractivity contribution in [2.45, 2.75) is 6.42 Å².